The van der Waals surface area contributed by atoms with Gasteiger partial charge < -0.3 is 15.8 Å². The third kappa shape index (κ3) is 3.72. The summed E-state index contributed by atoms with van der Waals surface area (Å²) in [6.45, 7) is 0.203. The molecule has 0 spiro atoms. The zero-order valence-corrected chi connectivity index (χ0v) is 16.1. The van der Waals surface area contributed by atoms with Gasteiger partial charge in [0.05, 0.1) is 53.4 Å². The molecule has 0 aliphatic carbocycles. The van der Waals surface area contributed by atoms with E-state index in [1.165, 1.54) is 25.4 Å². The summed E-state index contributed by atoms with van der Waals surface area (Å²) < 4.78 is 18.7. The molecule has 4 aromatic rings. The number of fused-ring (bicyclic) bond motifs is 1. The molecule has 2 aromatic carbocycles. The van der Waals surface area contributed by atoms with E-state index in [0.29, 0.717) is 33.8 Å². The highest BCUT2D eigenvalue weighted by atomic mass is 19.1. The van der Waals surface area contributed by atoms with Gasteiger partial charge in [-0.3, -0.25) is 15.0 Å². The Morgan fingerprint density at radius 3 is 2.70 bits per heavy atom. The number of methoxy groups -OCH3 is 1. The molecule has 0 saturated heterocycles. The Morgan fingerprint density at radius 2 is 2.00 bits per heavy atom. The lowest BCUT2D eigenvalue weighted by molar-refractivity contribution is 0.0947. The minimum atomic E-state index is -0.322. The molecule has 0 unspecified atom stereocenters. The van der Waals surface area contributed by atoms with Crippen LogP contribution in [0.25, 0.3) is 23.1 Å². The third-order valence-electron chi connectivity index (χ3n) is 4.64. The molecule has 152 valence electrons. The van der Waals surface area contributed by atoms with Gasteiger partial charge in [-0.15, -0.1) is 0 Å². The summed E-state index contributed by atoms with van der Waals surface area (Å²) in [6, 6.07) is 9.53. The van der Waals surface area contributed by atoms with Crippen LogP contribution in [0.3, 0.4) is 0 Å². The number of carbonyl (C=O) groups is 1. The summed E-state index contributed by atoms with van der Waals surface area (Å²) in [5.41, 5.74) is 9.37. The Kier molecular flexibility index (Phi) is 5.17. The fourth-order valence-corrected chi connectivity index (χ4v) is 3.09. The van der Waals surface area contributed by atoms with E-state index in [-0.39, 0.29) is 18.3 Å². The summed E-state index contributed by atoms with van der Waals surface area (Å²) in [5, 5.41) is 17.3. The fourth-order valence-electron chi connectivity index (χ4n) is 3.09. The number of nitrogen functional groups attached to an aromatic ring is 1. The molecule has 4 rings (SSSR count). The molecule has 0 fully saturated rings. The maximum absolute atomic E-state index is 13.1. The minimum Gasteiger partial charge on any atom is -0.495 e. The van der Waals surface area contributed by atoms with Crippen LogP contribution in [0, 0.1) is 5.82 Å². The number of hydrogen-bond acceptors (Lipinski definition) is 5. The molecular formula is C21H19FN6O2. The van der Waals surface area contributed by atoms with E-state index in [1.807, 2.05) is 6.08 Å². The molecule has 5 N–H and O–H groups in total. The number of ether oxygens (including phenoxy) is 1. The molecule has 30 heavy (non-hydrogen) atoms. The quantitative estimate of drug-likeness (QED) is 0.392. The number of rotatable bonds is 6. The van der Waals surface area contributed by atoms with Crippen LogP contribution in [0.2, 0.25) is 0 Å². The summed E-state index contributed by atoms with van der Waals surface area (Å²) in [6.07, 6.45) is 5.07. The van der Waals surface area contributed by atoms with E-state index < -0.39 is 0 Å². The van der Waals surface area contributed by atoms with Crippen LogP contribution in [0.15, 0.2) is 42.6 Å². The lowest BCUT2D eigenvalue weighted by Crippen LogP contribution is -2.24. The first-order valence-corrected chi connectivity index (χ1v) is 9.11. The molecule has 2 heterocycles. The van der Waals surface area contributed by atoms with Crippen molar-refractivity contribution in [2.75, 3.05) is 12.8 Å². The number of benzene rings is 2. The fraction of sp³-hybridized carbons (Fsp3) is 0.0952. The number of halogens is 1. The number of carbonyl (C=O) groups excluding carboxylic acids is 1. The van der Waals surface area contributed by atoms with E-state index in [0.717, 1.165) is 11.1 Å². The molecule has 9 heteroatoms. The van der Waals surface area contributed by atoms with Gasteiger partial charge >= 0.3 is 0 Å². The summed E-state index contributed by atoms with van der Waals surface area (Å²) in [4.78, 5) is 12.8. The van der Waals surface area contributed by atoms with Gasteiger partial charge in [0.1, 0.15) is 11.6 Å². The van der Waals surface area contributed by atoms with E-state index in [4.69, 9.17) is 10.5 Å². The standard InChI is InChI=1S/C21H19FN6O2/c1-30-20-14(21(29)24-11-18-15(23)10-25-26-18)7-9-17-19(20)16(27-28-17)8-4-12-2-5-13(22)6-3-12/h2-10H,11,23H2,1H3,(H,24,29)(H,25,26)(H,27,28). The molecule has 0 saturated carbocycles. The molecule has 0 bridgehead atoms. The Balaban J connectivity index is 1.65. The van der Waals surface area contributed by atoms with Crippen molar-refractivity contribution in [2.45, 2.75) is 6.54 Å². The van der Waals surface area contributed by atoms with Crippen molar-refractivity contribution in [1.82, 2.24) is 25.7 Å². The van der Waals surface area contributed by atoms with Crippen molar-refractivity contribution in [1.29, 1.82) is 0 Å². The van der Waals surface area contributed by atoms with Crippen LogP contribution in [0.5, 0.6) is 5.75 Å². The summed E-state index contributed by atoms with van der Waals surface area (Å²) in [5.74, 6) is -0.223. The highest BCUT2D eigenvalue weighted by molar-refractivity contribution is 6.05. The van der Waals surface area contributed by atoms with Crippen LogP contribution in [0.1, 0.15) is 27.3 Å². The van der Waals surface area contributed by atoms with Gasteiger partial charge in [-0.25, -0.2) is 4.39 Å². The average Bonchev–Trinajstić information content (AvgIpc) is 3.36. The van der Waals surface area contributed by atoms with Crippen molar-refractivity contribution in [3.05, 3.63) is 70.9 Å². The zero-order valence-electron chi connectivity index (χ0n) is 16.1. The Bertz CT molecular complexity index is 1230. The van der Waals surface area contributed by atoms with Crippen molar-refractivity contribution < 1.29 is 13.9 Å². The number of aromatic nitrogens is 4. The minimum absolute atomic E-state index is 0.203. The maximum atomic E-state index is 13.1. The number of nitrogens with one attached hydrogen (secondary N) is 3. The molecule has 8 nitrogen and oxygen atoms in total. The normalized spacial score (nSPS) is 11.3. The smallest absolute Gasteiger partial charge is 0.255 e. The van der Waals surface area contributed by atoms with Crippen molar-refractivity contribution in [2.24, 2.45) is 0 Å². The van der Waals surface area contributed by atoms with Crippen molar-refractivity contribution in [3.8, 4) is 5.75 Å². The predicted molar refractivity (Wildman–Crippen MR) is 112 cm³/mol. The van der Waals surface area contributed by atoms with E-state index >= 15 is 0 Å². The lowest BCUT2D eigenvalue weighted by Gasteiger charge is -2.10. The summed E-state index contributed by atoms with van der Waals surface area (Å²) >= 11 is 0. The van der Waals surface area contributed by atoms with Crippen LogP contribution in [-0.2, 0) is 6.54 Å². The summed E-state index contributed by atoms with van der Waals surface area (Å²) in [7, 11) is 1.50. The Labute approximate surface area is 170 Å². The molecule has 0 aliphatic rings. The first-order valence-electron chi connectivity index (χ1n) is 9.11. The van der Waals surface area contributed by atoms with Gasteiger partial charge in [0.2, 0.25) is 0 Å². The van der Waals surface area contributed by atoms with Gasteiger partial charge in [0.25, 0.3) is 5.91 Å². The SMILES string of the molecule is COc1c(C(=O)NCc2[nH]ncc2N)ccc2[nH]nc(C=Cc3ccc(F)cc3)c12. The van der Waals surface area contributed by atoms with Crippen LogP contribution in [-0.4, -0.2) is 33.4 Å². The number of nitrogens with zero attached hydrogens (tertiary/aromatic N) is 2. The van der Waals surface area contributed by atoms with Crippen LogP contribution in [0.4, 0.5) is 10.1 Å². The van der Waals surface area contributed by atoms with E-state index in [9.17, 15) is 9.18 Å². The second-order valence-corrected chi connectivity index (χ2v) is 6.55. The maximum Gasteiger partial charge on any atom is 0.255 e. The third-order valence-corrected chi connectivity index (χ3v) is 4.64. The van der Waals surface area contributed by atoms with Gasteiger partial charge in [0, 0.05) is 0 Å². The highest BCUT2D eigenvalue weighted by Crippen LogP contribution is 2.32. The number of anilines is 1. The topological polar surface area (TPSA) is 122 Å². The molecule has 0 radical (unpaired) electrons. The zero-order chi connectivity index (χ0) is 21.1. The number of H-pyrrole nitrogens is 2. The van der Waals surface area contributed by atoms with Gasteiger partial charge in [0.15, 0.2) is 0 Å². The first-order chi connectivity index (χ1) is 14.6. The second kappa shape index (κ2) is 8.08. The van der Waals surface area contributed by atoms with Crippen LogP contribution < -0.4 is 15.8 Å². The van der Waals surface area contributed by atoms with Crippen molar-refractivity contribution >= 4 is 34.6 Å². The van der Waals surface area contributed by atoms with E-state index in [2.05, 4.69) is 25.7 Å². The second-order valence-electron chi connectivity index (χ2n) is 6.55. The number of amides is 1. The Morgan fingerprint density at radius 1 is 1.20 bits per heavy atom. The molecule has 1 amide bonds. The molecule has 0 aliphatic heterocycles. The van der Waals surface area contributed by atoms with Crippen molar-refractivity contribution in [3.63, 3.8) is 0 Å². The molecular weight excluding hydrogens is 387 g/mol. The molecule has 2 aromatic heterocycles. The number of aromatic amines is 2. The largest absolute Gasteiger partial charge is 0.495 e. The van der Waals surface area contributed by atoms with Crippen LogP contribution >= 0.6 is 0 Å². The van der Waals surface area contributed by atoms with Gasteiger partial charge in [-0.05, 0) is 35.9 Å². The van der Waals surface area contributed by atoms with Gasteiger partial charge in [-0.1, -0.05) is 18.2 Å². The average molecular weight is 406 g/mol. The predicted octanol–water partition coefficient (Wildman–Crippen LogP) is 3.12. The van der Waals surface area contributed by atoms with E-state index in [1.54, 1.807) is 30.3 Å². The molecule has 0 atom stereocenters. The number of nitrogens with two attached hydrogens (primary N) is 1. The monoisotopic (exact) mass is 406 g/mol. The highest BCUT2D eigenvalue weighted by Gasteiger charge is 2.19. The van der Waals surface area contributed by atoms with Gasteiger partial charge in [-0.2, -0.15) is 10.2 Å². The Hall–Kier alpha value is -4.14. The number of hydrogen-bond donors (Lipinski definition) is 4. The first kappa shape index (κ1) is 19.2. The lowest BCUT2D eigenvalue weighted by atomic mass is 10.1.